The normalized spacial score (nSPS) is 20.1. The molecule has 19 heavy (non-hydrogen) atoms. The minimum atomic E-state index is -3.62. The lowest BCUT2D eigenvalue weighted by Gasteiger charge is -2.17. The number of carbonyl (C=O) groups excluding carboxylic acids is 1. The first-order valence-electron chi connectivity index (χ1n) is 5.80. The highest BCUT2D eigenvalue weighted by Crippen LogP contribution is 2.30. The maximum atomic E-state index is 12.3. The molecule has 0 bridgehead atoms. The molecule has 1 aromatic rings. The molecule has 1 aromatic carbocycles. The van der Waals surface area contributed by atoms with Gasteiger partial charge in [0.15, 0.2) is 9.84 Å². The molecule has 1 aliphatic rings. The molecule has 1 aliphatic heterocycles. The quantitative estimate of drug-likeness (QED) is 0.720. The topological polar surface area (TPSA) is 57.7 Å². The first-order valence-corrected chi connectivity index (χ1v) is 7.45. The number of rotatable bonds is 1. The fourth-order valence-electron chi connectivity index (χ4n) is 2.02. The summed E-state index contributed by atoms with van der Waals surface area (Å²) in [6.45, 7) is 0. The highest BCUT2D eigenvalue weighted by molar-refractivity contribution is 7.95. The summed E-state index contributed by atoms with van der Waals surface area (Å²) in [6.07, 6.45) is 1.36. The van der Waals surface area contributed by atoms with Crippen molar-refractivity contribution in [3.63, 3.8) is 0 Å². The predicted octanol–water partition coefficient (Wildman–Crippen LogP) is 0.981. The highest BCUT2D eigenvalue weighted by atomic mass is 32.2. The number of hydrogen-bond acceptors (Lipinski definition) is 4. The van der Waals surface area contributed by atoms with Gasteiger partial charge < -0.3 is 9.80 Å². The molecule has 0 atom stereocenters. The number of nitrogens with zero attached hydrogens (tertiary/aromatic N) is 2. The van der Waals surface area contributed by atoms with E-state index in [1.807, 2.05) is 0 Å². The van der Waals surface area contributed by atoms with Gasteiger partial charge >= 0.3 is 0 Å². The third kappa shape index (κ3) is 2.49. The maximum Gasteiger partial charge on any atom is 0.271 e. The summed E-state index contributed by atoms with van der Waals surface area (Å²) in [6, 6.07) is 7.04. The number of anilines is 1. The fraction of sp³-hybridized carbons (Fsp3) is 0.308. The Morgan fingerprint density at radius 2 is 1.89 bits per heavy atom. The van der Waals surface area contributed by atoms with Gasteiger partial charge in [-0.2, -0.15) is 0 Å². The van der Waals surface area contributed by atoms with Crippen LogP contribution in [0.15, 0.2) is 35.4 Å². The van der Waals surface area contributed by atoms with Gasteiger partial charge in [-0.05, 0) is 11.6 Å². The standard InChI is InChI=1S/C13H16N2O3S/c1-14(2)8-12-13(16)15(3)11-7-5-4-6-10(11)9-19(12,17)18/h4-8H,9H2,1-3H3/b12-8+. The van der Waals surface area contributed by atoms with Crippen molar-refractivity contribution in [2.45, 2.75) is 5.75 Å². The molecular weight excluding hydrogens is 264 g/mol. The molecule has 0 fully saturated rings. The Morgan fingerprint density at radius 1 is 1.26 bits per heavy atom. The SMILES string of the molecule is CN(C)/C=C1\C(=O)N(C)c2ccccc2CS1(=O)=O. The van der Waals surface area contributed by atoms with Gasteiger partial charge in [0, 0.05) is 33.0 Å². The summed E-state index contributed by atoms with van der Waals surface area (Å²) in [5, 5.41) is 0. The molecule has 102 valence electrons. The lowest BCUT2D eigenvalue weighted by molar-refractivity contribution is -0.114. The Hall–Kier alpha value is -1.82. The largest absolute Gasteiger partial charge is 0.382 e. The molecule has 1 heterocycles. The van der Waals surface area contributed by atoms with E-state index in [0.29, 0.717) is 11.3 Å². The summed E-state index contributed by atoms with van der Waals surface area (Å²) in [7, 11) is 1.34. The second kappa shape index (κ2) is 4.70. The molecule has 0 aliphatic carbocycles. The van der Waals surface area contributed by atoms with Gasteiger partial charge in [0.25, 0.3) is 5.91 Å². The van der Waals surface area contributed by atoms with Gasteiger partial charge in [0.1, 0.15) is 4.91 Å². The van der Waals surface area contributed by atoms with Crippen LogP contribution in [-0.2, 0) is 20.4 Å². The van der Waals surface area contributed by atoms with Gasteiger partial charge in [0.2, 0.25) is 0 Å². The molecule has 1 amide bonds. The molecule has 0 aromatic heterocycles. The smallest absolute Gasteiger partial charge is 0.271 e. The molecule has 0 saturated heterocycles. The molecule has 2 rings (SSSR count). The van der Waals surface area contributed by atoms with Crippen molar-refractivity contribution in [2.24, 2.45) is 0 Å². The van der Waals surface area contributed by atoms with Crippen molar-refractivity contribution in [2.75, 3.05) is 26.0 Å². The summed E-state index contributed by atoms with van der Waals surface area (Å²) in [5.41, 5.74) is 1.28. The number of carbonyl (C=O) groups is 1. The summed E-state index contributed by atoms with van der Waals surface area (Å²) < 4.78 is 24.6. The molecule has 0 N–H and O–H groups in total. The summed E-state index contributed by atoms with van der Waals surface area (Å²) in [5.74, 6) is -0.655. The van der Waals surface area contributed by atoms with Crippen LogP contribution in [0.25, 0.3) is 0 Å². The monoisotopic (exact) mass is 280 g/mol. The Balaban J connectivity index is 2.65. The van der Waals surface area contributed by atoms with Crippen LogP contribution in [0.1, 0.15) is 5.56 Å². The average Bonchev–Trinajstić information content (AvgIpc) is 2.39. The van der Waals surface area contributed by atoms with Crippen molar-refractivity contribution in [1.29, 1.82) is 0 Å². The number of hydrogen-bond donors (Lipinski definition) is 0. The number of sulfone groups is 1. The van der Waals surface area contributed by atoms with E-state index in [1.54, 1.807) is 50.3 Å². The molecule has 0 saturated carbocycles. The predicted molar refractivity (Wildman–Crippen MR) is 74.2 cm³/mol. The number of amides is 1. The molecule has 0 radical (unpaired) electrons. The van der Waals surface area contributed by atoms with Gasteiger partial charge in [-0.15, -0.1) is 0 Å². The Bertz CT molecular complexity index is 648. The molecule has 6 heteroatoms. The zero-order valence-electron chi connectivity index (χ0n) is 11.1. The van der Waals surface area contributed by atoms with Crippen molar-refractivity contribution >= 4 is 21.4 Å². The molecular formula is C13H16N2O3S. The zero-order chi connectivity index (χ0) is 14.2. The van der Waals surface area contributed by atoms with E-state index >= 15 is 0 Å². The van der Waals surface area contributed by atoms with Gasteiger partial charge in [-0.25, -0.2) is 8.42 Å². The maximum absolute atomic E-state index is 12.3. The second-order valence-corrected chi connectivity index (χ2v) is 6.67. The lowest BCUT2D eigenvalue weighted by Crippen LogP contribution is -2.29. The Labute approximate surface area is 113 Å². The fourth-order valence-corrected chi connectivity index (χ4v) is 3.60. The van der Waals surface area contributed by atoms with Crippen LogP contribution in [0.2, 0.25) is 0 Å². The zero-order valence-corrected chi connectivity index (χ0v) is 11.9. The van der Waals surface area contributed by atoms with E-state index in [4.69, 9.17) is 0 Å². The van der Waals surface area contributed by atoms with E-state index in [-0.39, 0.29) is 10.7 Å². The first-order chi connectivity index (χ1) is 8.83. The van der Waals surface area contributed by atoms with E-state index in [0.717, 1.165) is 0 Å². The third-order valence-electron chi connectivity index (χ3n) is 2.92. The van der Waals surface area contributed by atoms with E-state index in [1.165, 1.54) is 11.1 Å². The Morgan fingerprint density at radius 3 is 2.53 bits per heavy atom. The van der Waals surface area contributed by atoms with Gasteiger partial charge in [0.05, 0.1) is 5.75 Å². The minimum absolute atomic E-state index is 0.154. The highest BCUT2D eigenvalue weighted by Gasteiger charge is 2.33. The van der Waals surface area contributed by atoms with Crippen LogP contribution in [0, 0.1) is 0 Å². The van der Waals surface area contributed by atoms with Crippen LogP contribution in [0.5, 0.6) is 0 Å². The van der Waals surface area contributed by atoms with Gasteiger partial charge in [-0.1, -0.05) is 18.2 Å². The average molecular weight is 280 g/mol. The molecule has 0 unspecified atom stereocenters. The van der Waals surface area contributed by atoms with Crippen LogP contribution >= 0.6 is 0 Å². The number of likely N-dealkylation sites (N-methyl/N-ethyl adjacent to an activating group) is 1. The van der Waals surface area contributed by atoms with Gasteiger partial charge in [-0.3, -0.25) is 4.79 Å². The summed E-state index contributed by atoms with van der Waals surface area (Å²) in [4.78, 5) is 15.1. The second-order valence-electron chi connectivity index (χ2n) is 4.71. The van der Waals surface area contributed by atoms with E-state index in [9.17, 15) is 13.2 Å². The molecule has 5 nitrogen and oxygen atoms in total. The van der Waals surface area contributed by atoms with E-state index in [2.05, 4.69) is 0 Å². The number of benzene rings is 1. The lowest BCUT2D eigenvalue weighted by atomic mass is 10.2. The third-order valence-corrected chi connectivity index (χ3v) is 4.57. The van der Waals surface area contributed by atoms with Crippen molar-refractivity contribution in [1.82, 2.24) is 4.90 Å². The van der Waals surface area contributed by atoms with E-state index < -0.39 is 15.7 Å². The van der Waals surface area contributed by atoms with Crippen LogP contribution in [0.3, 0.4) is 0 Å². The van der Waals surface area contributed by atoms with Crippen LogP contribution in [-0.4, -0.2) is 40.4 Å². The van der Waals surface area contributed by atoms with Crippen LogP contribution < -0.4 is 4.90 Å². The summed E-state index contributed by atoms with van der Waals surface area (Å²) >= 11 is 0. The minimum Gasteiger partial charge on any atom is -0.382 e. The Kier molecular flexibility index (Phi) is 3.36. The van der Waals surface area contributed by atoms with Crippen molar-refractivity contribution < 1.29 is 13.2 Å². The van der Waals surface area contributed by atoms with Crippen LogP contribution in [0.4, 0.5) is 5.69 Å². The number of para-hydroxylation sites is 1. The first kappa shape index (κ1) is 13.6. The van der Waals surface area contributed by atoms with Crippen molar-refractivity contribution in [3.8, 4) is 0 Å². The molecule has 0 spiro atoms. The number of fused-ring (bicyclic) bond motifs is 1. The van der Waals surface area contributed by atoms with Crippen molar-refractivity contribution in [3.05, 3.63) is 40.9 Å².